The highest BCUT2D eigenvalue weighted by Gasteiger charge is 2.43. The molecule has 1 aromatic heterocycles. The van der Waals surface area contributed by atoms with Crippen molar-refractivity contribution >= 4 is 22.4 Å². The molecule has 1 aromatic rings. The summed E-state index contributed by atoms with van der Waals surface area (Å²) >= 11 is 0. The van der Waals surface area contributed by atoms with Crippen LogP contribution in [0.4, 0.5) is 0 Å². The number of nitrogens with two attached hydrogens (primary N) is 1. The minimum Gasteiger partial charge on any atom is -0.329 e. The molecule has 0 spiro atoms. The van der Waals surface area contributed by atoms with E-state index in [1.807, 2.05) is 6.92 Å². The fourth-order valence-electron chi connectivity index (χ4n) is 1.92. The molecule has 1 aliphatic rings. The third-order valence-electron chi connectivity index (χ3n) is 3.26. The van der Waals surface area contributed by atoms with Crippen LogP contribution in [0.5, 0.6) is 0 Å². The Morgan fingerprint density at radius 1 is 1.61 bits per heavy atom. The molecule has 1 atom stereocenters. The van der Waals surface area contributed by atoms with E-state index in [2.05, 4.69) is 9.82 Å². The van der Waals surface area contributed by atoms with E-state index in [0.717, 1.165) is 12.8 Å². The predicted octanol–water partition coefficient (Wildman–Crippen LogP) is 0.248. The van der Waals surface area contributed by atoms with Crippen molar-refractivity contribution in [3.05, 3.63) is 12.4 Å². The van der Waals surface area contributed by atoms with Crippen LogP contribution in [0.15, 0.2) is 17.3 Å². The Morgan fingerprint density at radius 3 is 2.61 bits per heavy atom. The Hall–Kier alpha value is -0.630. The van der Waals surface area contributed by atoms with Gasteiger partial charge in [0.2, 0.25) is 10.0 Å². The lowest BCUT2D eigenvalue weighted by molar-refractivity contribution is 0.374. The molecule has 18 heavy (non-hydrogen) atoms. The topological polar surface area (TPSA) is 90.0 Å². The van der Waals surface area contributed by atoms with Crippen LogP contribution in [-0.4, -0.2) is 30.3 Å². The largest absolute Gasteiger partial charge is 0.329 e. The van der Waals surface area contributed by atoms with Gasteiger partial charge in [0.25, 0.3) is 0 Å². The molecule has 2 rings (SSSR count). The Bertz CT molecular complexity index is 512. The molecule has 0 aliphatic heterocycles. The molecule has 8 heteroatoms. The van der Waals surface area contributed by atoms with Crippen molar-refractivity contribution < 1.29 is 8.42 Å². The van der Waals surface area contributed by atoms with E-state index in [4.69, 9.17) is 5.73 Å². The highest BCUT2D eigenvalue weighted by Crippen LogP contribution is 2.39. The molecule has 0 aromatic carbocycles. The lowest BCUT2D eigenvalue weighted by atomic mass is 9.98. The lowest BCUT2D eigenvalue weighted by Gasteiger charge is -2.28. The van der Waals surface area contributed by atoms with E-state index in [1.165, 1.54) is 17.1 Å². The van der Waals surface area contributed by atoms with Gasteiger partial charge in [-0.15, -0.1) is 12.4 Å². The summed E-state index contributed by atoms with van der Waals surface area (Å²) in [5, 5.41) is 3.87. The Balaban J connectivity index is 0.00000162. The predicted molar refractivity (Wildman–Crippen MR) is 71.0 cm³/mol. The van der Waals surface area contributed by atoms with Crippen molar-refractivity contribution in [1.29, 1.82) is 0 Å². The Labute approximate surface area is 113 Å². The minimum atomic E-state index is -3.53. The summed E-state index contributed by atoms with van der Waals surface area (Å²) in [5.41, 5.74) is 5.14. The maximum absolute atomic E-state index is 12.1. The fourth-order valence-corrected chi connectivity index (χ4v) is 3.37. The summed E-state index contributed by atoms with van der Waals surface area (Å²) in [6.45, 7) is 2.16. The summed E-state index contributed by atoms with van der Waals surface area (Å²) in [7, 11) is -1.84. The van der Waals surface area contributed by atoms with Crippen molar-refractivity contribution in [3.63, 3.8) is 0 Å². The number of hydrogen-bond donors (Lipinski definition) is 2. The van der Waals surface area contributed by atoms with E-state index < -0.39 is 15.6 Å². The molecule has 3 N–H and O–H groups in total. The van der Waals surface area contributed by atoms with Gasteiger partial charge in [-0.05, 0) is 25.7 Å². The van der Waals surface area contributed by atoms with Crippen LogP contribution in [0, 0.1) is 5.92 Å². The molecule has 0 radical (unpaired) electrons. The average Bonchev–Trinajstić information content (AvgIpc) is 3.01. The van der Waals surface area contributed by atoms with E-state index in [1.54, 1.807) is 7.05 Å². The van der Waals surface area contributed by atoms with Gasteiger partial charge in [-0.25, -0.2) is 13.1 Å². The molecular weight excluding hydrogens is 276 g/mol. The highest BCUT2D eigenvalue weighted by molar-refractivity contribution is 7.89. The van der Waals surface area contributed by atoms with Gasteiger partial charge >= 0.3 is 0 Å². The molecule has 1 saturated carbocycles. The fraction of sp³-hybridized carbons (Fsp3) is 0.700. The average molecular weight is 295 g/mol. The van der Waals surface area contributed by atoms with Crippen molar-refractivity contribution in [3.8, 4) is 0 Å². The first-order valence-corrected chi connectivity index (χ1v) is 7.08. The van der Waals surface area contributed by atoms with Crippen LogP contribution in [-0.2, 0) is 17.1 Å². The van der Waals surface area contributed by atoms with Crippen LogP contribution >= 0.6 is 12.4 Å². The molecule has 1 heterocycles. The van der Waals surface area contributed by atoms with Crippen molar-refractivity contribution in [2.45, 2.75) is 30.2 Å². The number of nitrogens with one attached hydrogen (secondary N) is 1. The van der Waals surface area contributed by atoms with Crippen molar-refractivity contribution in [2.75, 3.05) is 6.54 Å². The monoisotopic (exact) mass is 294 g/mol. The van der Waals surface area contributed by atoms with Crippen LogP contribution in [0.2, 0.25) is 0 Å². The van der Waals surface area contributed by atoms with Crippen LogP contribution in [0.25, 0.3) is 0 Å². The number of hydrogen-bond acceptors (Lipinski definition) is 4. The maximum atomic E-state index is 12.1. The summed E-state index contributed by atoms with van der Waals surface area (Å²) in [4.78, 5) is 0.181. The summed E-state index contributed by atoms with van der Waals surface area (Å²) < 4.78 is 28.4. The van der Waals surface area contributed by atoms with Gasteiger partial charge in [0.1, 0.15) is 4.90 Å². The summed E-state index contributed by atoms with van der Waals surface area (Å²) in [6, 6.07) is 0. The standard InChI is InChI=1S/C10H18N4O2S.ClH/c1-10(7-11,8-3-4-8)13-17(15,16)9-5-12-14(2)6-9;/h5-6,8,13H,3-4,7,11H2,1-2H3;1H. The van der Waals surface area contributed by atoms with E-state index in [-0.39, 0.29) is 17.3 Å². The molecule has 0 amide bonds. The zero-order chi connectivity index (χ0) is 12.7. The molecule has 6 nitrogen and oxygen atoms in total. The number of aromatic nitrogens is 2. The van der Waals surface area contributed by atoms with Crippen molar-refractivity contribution in [1.82, 2.24) is 14.5 Å². The number of halogens is 1. The number of aryl methyl sites for hydroxylation is 1. The number of rotatable bonds is 5. The molecule has 0 saturated heterocycles. The molecule has 1 unspecified atom stereocenters. The summed E-state index contributed by atoms with van der Waals surface area (Å²) in [5.74, 6) is 0.346. The second-order valence-electron chi connectivity index (χ2n) is 4.85. The Morgan fingerprint density at radius 2 is 2.22 bits per heavy atom. The van der Waals surface area contributed by atoms with E-state index in [0.29, 0.717) is 12.5 Å². The van der Waals surface area contributed by atoms with Crippen LogP contribution in [0.1, 0.15) is 19.8 Å². The van der Waals surface area contributed by atoms with E-state index in [9.17, 15) is 8.42 Å². The Kier molecular flexibility index (Phi) is 4.42. The maximum Gasteiger partial charge on any atom is 0.244 e. The van der Waals surface area contributed by atoms with E-state index >= 15 is 0 Å². The molecular formula is C10H19ClN4O2S. The third kappa shape index (κ3) is 3.03. The second-order valence-corrected chi connectivity index (χ2v) is 6.53. The van der Waals surface area contributed by atoms with Gasteiger partial charge in [0.05, 0.1) is 6.20 Å². The quantitative estimate of drug-likeness (QED) is 0.814. The zero-order valence-electron chi connectivity index (χ0n) is 10.5. The van der Waals surface area contributed by atoms with Gasteiger partial charge < -0.3 is 5.73 Å². The normalized spacial score (nSPS) is 19.1. The van der Waals surface area contributed by atoms with Crippen LogP contribution < -0.4 is 10.5 Å². The minimum absolute atomic E-state index is 0. The first-order valence-electron chi connectivity index (χ1n) is 5.60. The molecule has 0 bridgehead atoms. The zero-order valence-corrected chi connectivity index (χ0v) is 12.1. The number of sulfonamides is 1. The molecule has 104 valence electrons. The number of nitrogens with zero attached hydrogens (tertiary/aromatic N) is 2. The van der Waals surface area contributed by atoms with Gasteiger partial charge in [0.15, 0.2) is 0 Å². The summed E-state index contributed by atoms with van der Waals surface area (Å²) in [6.07, 6.45) is 4.88. The SMILES string of the molecule is Cl.Cn1cc(S(=O)(=O)NC(C)(CN)C2CC2)cn1. The third-order valence-corrected chi connectivity index (χ3v) is 4.83. The molecule has 1 fully saturated rings. The van der Waals surface area contributed by atoms with Gasteiger partial charge in [-0.1, -0.05) is 0 Å². The smallest absolute Gasteiger partial charge is 0.244 e. The van der Waals surface area contributed by atoms with Gasteiger partial charge in [-0.3, -0.25) is 4.68 Å². The molecule has 1 aliphatic carbocycles. The first-order chi connectivity index (χ1) is 7.87. The van der Waals surface area contributed by atoms with Gasteiger partial charge in [-0.2, -0.15) is 5.10 Å². The van der Waals surface area contributed by atoms with Crippen LogP contribution in [0.3, 0.4) is 0 Å². The second kappa shape index (κ2) is 5.16. The van der Waals surface area contributed by atoms with Gasteiger partial charge in [0, 0.05) is 25.3 Å². The lowest BCUT2D eigenvalue weighted by Crippen LogP contribution is -2.52. The van der Waals surface area contributed by atoms with Crippen molar-refractivity contribution in [2.24, 2.45) is 18.7 Å². The highest BCUT2D eigenvalue weighted by atomic mass is 35.5. The first kappa shape index (κ1) is 15.4.